The highest BCUT2D eigenvalue weighted by atomic mass is 16.4. The number of primary amides is 1. The fourth-order valence-corrected chi connectivity index (χ4v) is 3.94. The minimum atomic E-state index is -1.64. The highest BCUT2D eigenvalue weighted by Gasteiger charge is 2.35. The molecule has 7 amide bonds. The molecule has 0 aliphatic heterocycles. The zero-order chi connectivity index (χ0) is 36.6. The molecule has 0 fully saturated rings. The van der Waals surface area contributed by atoms with Crippen molar-refractivity contribution in [1.82, 2.24) is 31.9 Å². The van der Waals surface area contributed by atoms with Gasteiger partial charge in [-0.2, -0.15) is 0 Å². The summed E-state index contributed by atoms with van der Waals surface area (Å²) < 4.78 is 0. The minimum absolute atomic E-state index is 0.0106. The zero-order valence-corrected chi connectivity index (χ0v) is 27.5. The van der Waals surface area contributed by atoms with Gasteiger partial charge in [0.25, 0.3) is 0 Å². The van der Waals surface area contributed by atoms with E-state index in [1.165, 1.54) is 13.8 Å². The summed E-state index contributed by atoms with van der Waals surface area (Å²) in [6.45, 7) is 7.54. The van der Waals surface area contributed by atoms with E-state index in [9.17, 15) is 48.6 Å². The van der Waals surface area contributed by atoms with Crippen LogP contribution in [0.25, 0.3) is 0 Å². The Morgan fingerprint density at radius 3 is 1.45 bits per heavy atom. The fourth-order valence-electron chi connectivity index (χ4n) is 3.94. The van der Waals surface area contributed by atoms with Crippen LogP contribution in [0.1, 0.15) is 60.8 Å². The normalized spacial score (nSPS) is 16.1. The zero-order valence-electron chi connectivity index (χ0n) is 27.5. The Balaban J connectivity index is 5.98. The van der Waals surface area contributed by atoms with Gasteiger partial charge in [0.2, 0.25) is 41.4 Å². The molecule has 0 bridgehead atoms. The van der Waals surface area contributed by atoms with Crippen molar-refractivity contribution in [1.29, 1.82) is 0 Å². The van der Waals surface area contributed by atoms with Gasteiger partial charge in [-0.25, -0.2) is 0 Å². The first-order valence-corrected chi connectivity index (χ1v) is 15.1. The number of aliphatic hydroxyl groups excluding tert-OH is 2. The monoisotopic (exact) mass is 674 g/mol. The van der Waals surface area contributed by atoms with Crippen molar-refractivity contribution >= 4 is 47.3 Å². The number of carboxylic acid groups (broad SMARTS) is 1. The van der Waals surface area contributed by atoms with E-state index in [2.05, 4.69) is 31.9 Å². The molecule has 0 aliphatic rings. The third-order valence-corrected chi connectivity index (χ3v) is 6.95. The lowest BCUT2D eigenvalue weighted by Crippen LogP contribution is -2.61. The third kappa shape index (κ3) is 15.2. The summed E-state index contributed by atoms with van der Waals surface area (Å²) in [6, 6.07) is -9.66. The lowest BCUT2D eigenvalue weighted by Gasteiger charge is -2.28. The summed E-state index contributed by atoms with van der Waals surface area (Å²) in [5, 5.41) is 42.2. The Hall–Kier alpha value is -4.36. The maximum Gasteiger partial charge on any atom is 0.325 e. The minimum Gasteiger partial charge on any atom is -0.480 e. The molecule has 0 spiro atoms. The number of nitrogens with one attached hydrogen (secondary N) is 6. The number of carboxylic acids is 1. The van der Waals surface area contributed by atoms with E-state index in [1.807, 2.05) is 0 Å². The Morgan fingerprint density at radius 1 is 0.617 bits per heavy atom. The maximum atomic E-state index is 13.4. The molecule has 8 atom stereocenters. The number of hydrogen-bond acceptors (Lipinski definition) is 11. The molecule has 0 aliphatic carbocycles. The molecule has 0 rings (SSSR count). The number of aliphatic carboxylic acids is 1. The van der Waals surface area contributed by atoms with Crippen LogP contribution in [0.3, 0.4) is 0 Å². The smallest absolute Gasteiger partial charge is 0.325 e. The van der Waals surface area contributed by atoms with Crippen LogP contribution in [0.4, 0.5) is 0 Å². The van der Waals surface area contributed by atoms with E-state index in [0.29, 0.717) is 6.42 Å². The molecule has 19 heteroatoms. The average molecular weight is 675 g/mol. The quantitative estimate of drug-likeness (QED) is 0.0547. The lowest BCUT2D eigenvalue weighted by molar-refractivity contribution is -0.142. The van der Waals surface area contributed by atoms with Crippen molar-refractivity contribution in [2.24, 2.45) is 23.3 Å². The van der Waals surface area contributed by atoms with Gasteiger partial charge in [-0.05, 0) is 32.1 Å². The van der Waals surface area contributed by atoms with E-state index >= 15 is 0 Å². The van der Waals surface area contributed by atoms with E-state index in [0.717, 1.165) is 0 Å². The fraction of sp³-hybridized carbons (Fsp3) is 0.714. The molecule has 47 heavy (non-hydrogen) atoms. The number of amides is 7. The van der Waals surface area contributed by atoms with Crippen molar-refractivity contribution in [3.8, 4) is 0 Å². The Morgan fingerprint density at radius 2 is 1.04 bits per heavy atom. The van der Waals surface area contributed by atoms with E-state index in [4.69, 9.17) is 16.6 Å². The molecule has 0 aromatic heterocycles. The molecule has 8 unspecified atom stereocenters. The number of carbonyl (C=O) groups excluding carboxylic acids is 7. The van der Waals surface area contributed by atoms with E-state index in [-0.39, 0.29) is 12.3 Å². The summed E-state index contributed by atoms with van der Waals surface area (Å²) in [6.07, 6.45) is -0.330. The summed E-state index contributed by atoms with van der Waals surface area (Å²) in [5.41, 5.74) is 10.7. The Bertz CT molecular complexity index is 1130. The van der Waals surface area contributed by atoms with Crippen LogP contribution < -0.4 is 43.4 Å². The van der Waals surface area contributed by atoms with Crippen molar-refractivity contribution in [3.05, 3.63) is 0 Å². The number of nitrogens with two attached hydrogens (primary N) is 2. The number of rotatable bonds is 21. The van der Waals surface area contributed by atoms with Gasteiger partial charge in [0.1, 0.15) is 36.3 Å². The topological polar surface area (TPSA) is 321 Å². The van der Waals surface area contributed by atoms with Gasteiger partial charge in [-0.3, -0.25) is 38.4 Å². The molecular weight excluding hydrogens is 624 g/mol. The molecule has 0 aromatic rings. The molecule has 0 saturated heterocycles. The first-order valence-electron chi connectivity index (χ1n) is 15.1. The van der Waals surface area contributed by atoms with Crippen molar-refractivity contribution in [2.75, 3.05) is 13.2 Å². The van der Waals surface area contributed by atoms with E-state index in [1.54, 1.807) is 27.7 Å². The van der Waals surface area contributed by atoms with Gasteiger partial charge in [-0.15, -0.1) is 0 Å². The van der Waals surface area contributed by atoms with Gasteiger partial charge >= 0.3 is 5.97 Å². The average Bonchev–Trinajstić information content (AvgIpc) is 2.98. The largest absolute Gasteiger partial charge is 0.480 e. The molecular formula is C28H50N8O11. The lowest BCUT2D eigenvalue weighted by atomic mass is 9.97. The number of aliphatic hydroxyl groups is 2. The highest BCUT2D eigenvalue weighted by Crippen LogP contribution is 2.11. The van der Waals surface area contributed by atoms with Crippen molar-refractivity contribution < 1.29 is 53.7 Å². The second-order valence-electron chi connectivity index (χ2n) is 11.6. The van der Waals surface area contributed by atoms with Gasteiger partial charge in [0.05, 0.1) is 25.7 Å². The summed E-state index contributed by atoms with van der Waals surface area (Å²) in [7, 11) is 0. The molecule has 19 nitrogen and oxygen atoms in total. The van der Waals surface area contributed by atoms with Crippen LogP contribution in [-0.2, 0) is 38.4 Å². The van der Waals surface area contributed by atoms with Crippen LogP contribution in [0.2, 0.25) is 0 Å². The van der Waals surface area contributed by atoms with Crippen molar-refractivity contribution in [3.63, 3.8) is 0 Å². The molecule has 0 radical (unpaired) electrons. The Labute approximate surface area is 272 Å². The maximum absolute atomic E-state index is 13.4. The van der Waals surface area contributed by atoms with Gasteiger partial charge in [-0.1, -0.05) is 34.1 Å². The molecule has 0 aromatic carbocycles. The molecule has 268 valence electrons. The first-order chi connectivity index (χ1) is 21.8. The van der Waals surface area contributed by atoms with Crippen LogP contribution in [0.15, 0.2) is 0 Å². The summed E-state index contributed by atoms with van der Waals surface area (Å²) in [4.78, 5) is 99.9. The van der Waals surface area contributed by atoms with E-state index < -0.39 is 115 Å². The number of hydrogen-bond donors (Lipinski definition) is 11. The SMILES string of the molecule is CCC(C)C(NC(=O)C(CC(N)=O)NC(=O)C(CC(C)C)NC(=O)C(CO)NC(=O)C(CO)NC(=O)C(C)N)C(=O)NC(C)C(=O)O. The summed E-state index contributed by atoms with van der Waals surface area (Å²) in [5.74, 6) is -8.60. The standard InChI is InChI=1S/C28H50N8O11/c1-7-13(4)21(27(45)31-15(6)28(46)47)36-24(42)17(9-20(30)39)33-23(41)16(8-12(2)3)32-25(43)19(11-38)35-26(44)18(10-37)34-22(40)14(5)29/h12-19,21,37-38H,7-11,29H2,1-6H3,(H2,30,39)(H,31,45)(H,32,43)(H,33,41)(H,34,40)(H,35,44)(H,36,42)(H,46,47). The molecule has 0 heterocycles. The van der Waals surface area contributed by atoms with Crippen LogP contribution in [0, 0.1) is 11.8 Å². The third-order valence-electron chi connectivity index (χ3n) is 6.95. The second kappa shape index (κ2) is 20.7. The highest BCUT2D eigenvalue weighted by molar-refractivity contribution is 5.98. The summed E-state index contributed by atoms with van der Waals surface area (Å²) >= 11 is 0. The van der Waals surface area contributed by atoms with Crippen molar-refractivity contribution in [2.45, 2.75) is 103 Å². The van der Waals surface area contributed by atoms with Crippen LogP contribution in [-0.4, -0.2) is 118 Å². The second-order valence-corrected chi connectivity index (χ2v) is 11.6. The van der Waals surface area contributed by atoms with Gasteiger partial charge in [0.15, 0.2) is 0 Å². The predicted molar refractivity (Wildman–Crippen MR) is 165 cm³/mol. The van der Waals surface area contributed by atoms with Crippen LogP contribution >= 0.6 is 0 Å². The van der Waals surface area contributed by atoms with Crippen LogP contribution in [0.5, 0.6) is 0 Å². The van der Waals surface area contributed by atoms with Gasteiger partial charge < -0.3 is 58.7 Å². The van der Waals surface area contributed by atoms with Gasteiger partial charge in [0, 0.05) is 0 Å². The molecule has 0 saturated carbocycles. The first kappa shape index (κ1) is 42.6. The predicted octanol–water partition coefficient (Wildman–Crippen LogP) is -4.70. The number of carbonyl (C=O) groups is 8. The molecule has 13 N–H and O–H groups in total. The Kier molecular flexibility index (Phi) is 18.8.